The van der Waals surface area contributed by atoms with Crippen LogP contribution >= 0.6 is 11.3 Å². The Labute approximate surface area is 148 Å². The summed E-state index contributed by atoms with van der Waals surface area (Å²) < 4.78 is 7.82. The number of hydrogen-bond acceptors (Lipinski definition) is 4. The minimum atomic E-state index is -0.202. The van der Waals surface area contributed by atoms with Crippen LogP contribution in [0.3, 0.4) is 0 Å². The molecular formula is C19H17N3O2S. The minimum Gasteiger partial charge on any atom is -0.454 e. The summed E-state index contributed by atoms with van der Waals surface area (Å²) in [5.74, 6) is 1.77. The number of amides is 1. The van der Waals surface area contributed by atoms with Crippen molar-refractivity contribution in [2.75, 3.05) is 0 Å². The molecule has 3 aromatic heterocycles. The molecule has 6 heteroatoms. The van der Waals surface area contributed by atoms with Crippen molar-refractivity contribution in [3.05, 3.63) is 76.1 Å². The Morgan fingerprint density at radius 3 is 2.92 bits per heavy atom. The lowest BCUT2D eigenvalue weighted by Gasteiger charge is -2.04. The molecule has 0 radical (unpaired) electrons. The summed E-state index contributed by atoms with van der Waals surface area (Å²) in [4.78, 5) is 17.9. The molecule has 3 heterocycles. The first-order valence-corrected chi connectivity index (χ1v) is 8.90. The van der Waals surface area contributed by atoms with Crippen molar-refractivity contribution >= 4 is 28.3 Å². The average molecular weight is 351 g/mol. The SMILES string of the molecule is Cc1nc2ccccc2n1Cc1ccc(C(=O)NCc2cccs2)o1. The smallest absolute Gasteiger partial charge is 0.287 e. The number of aromatic nitrogens is 2. The molecule has 25 heavy (non-hydrogen) atoms. The van der Waals surface area contributed by atoms with Gasteiger partial charge in [-0.3, -0.25) is 4.79 Å². The van der Waals surface area contributed by atoms with Gasteiger partial charge in [0, 0.05) is 4.88 Å². The molecule has 1 aromatic carbocycles. The van der Waals surface area contributed by atoms with E-state index in [4.69, 9.17) is 4.42 Å². The van der Waals surface area contributed by atoms with Crippen molar-refractivity contribution in [2.24, 2.45) is 0 Å². The van der Waals surface area contributed by atoms with Gasteiger partial charge in [-0.05, 0) is 42.6 Å². The summed E-state index contributed by atoms with van der Waals surface area (Å²) in [6.07, 6.45) is 0. The van der Waals surface area contributed by atoms with Gasteiger partial charge in [0.2, 0.25) is 0 Å². The van der Waals surface area contributed by atoms with Crippen LogP contribution in [0.5, 0.6) is 0 Å². The number of nitrogens with one attached hydrogen (secondary N) is 1. The normalized spacial score (nSPS) is 11.1. The van der Waals surface area contributed by atoms with Crippen LogP contribution in [0.4, 0.5) is 0 Å². The fraction of sp³-hybridized carbons (Fsp3) is 0.158. The highest BCUT2D eigenvalue weighted by Gasteiger charge is 2.13. The molecule has 0 atom stereocenters. The predicted octanol–water partition coefficient (Wildman–Crippen LogP) is 3.98. The van der Waals surface area contributed by atoms with Crippen LogP contribution in [0.2, 0.25) is 0 Å². The Kier molecular flexibility index (Phi) is 4.11. The van der Waals surface area contributed by atoms with E-state index >= 15 is 0 Å². The van der Waals surface area contributed by atoms with Gasteiger partial charge in [0.25, 0.3) is 5.91 Å². The van der Waals surface area contributed by atoms with Crippen molar-refractivity contribution in [3.63, 3.8) is 0 Å². The van der Waals surface area contributed by atoms with Gasteiger partial charge in [0.1, 0.15) is 11.6 Å². The van der Waals surface area contributed by atoms with Crippen LogP contribution in [-0.4, -0.2) is 15.5 Å². The molecule has 0 unspecified atom stereocenters. The zero-order valence-electron chi connectivity index (χ0n) is 13.7. The molecule has 0 saturated carbocycles. The van der Waals surface area contributed by atoms with Gasteiger partial charge >= 0.3 is 0 Å². The number of benzene rings is 1. The zero-order valence-corrected chi connectivity index (χ0v) is 14.5. The van der Waals surface area contributed by atoms with Crippen molar-refractivity contribution in [2.45, 2.75) is 20.0 Å². The van der Waals surface area contributed by atoms with Crippen LogP contribution in [0.15, 0.2) is 58.3 Å². The number of imidazole rings is 1. The second kappa shape index (κ2) is 6.57. The van der Waals surface area contributed by atoms with Crippen molar-refractivity contribution in [1.82, 2.24) is 14.9 Å². The number of hydrogen-bond donors (Lipinski definition) is 1. The number of para-hydroxylation sites is 2. The van der Waals surface area contributed by atoms with E-state index in [0.717, 1.165) is 27.5 Å². The molecule has 4 rings (SSSR count). The fourth-order valence-electron chi connectivity index (χ4n) is 2.80. The van der Waals surface area contributed by atoms with E-state index in [2.05, 4.69) is 14.9 Å². The fourth-order valence-corrected chi connectivity index (χ4v) is 3.45. The molecule has 0 bridgehead atoms. The van der Waals surface area contributed by atoms with Gasteiger partial charge < -0.3 is 14.3 Å². The van der Waals surface area contributed by atoms with Crippen molar-refractivity contribution in [3.8, 4) is 0 Å². The molecule has 0 fully saturated rings. The second-order valence-electron chi connectivity index (χ2n) is 5.76. The molecule has 4 aromatic rings. The lowest BCUT2D eigenvalue weighted by Crippen LogP contribution is -2.21. The van der Waals surface area contributed by atoms with E-state index in [1.54, 1.807) is 17.4 Å². The Morgan fingerprint density at radius 2 is 2.08 bits per heavy atom. The Hall–Kier alpha value is -2.86. The maximum atomic E-state index is 12.2. The summed E-state index contributed by atoms with van der Waals surface area (Å²) in [6, 6.07) is 15.5. The summed E-state index contributed by atoms with van der Waals surface area (Å²) in [5.41, 5.74) is 2.01. The standard InChI is InChI=1S/C19H17N3O2S/c1-13-21-16-6-2-3-7-17(16)22(13)12-14-8-9-18(24-14)19(23)20-11-15-5-4-10-25-15/h2-10H,11-12H2,1H3,(H,20,23). The number of carbonyl (C=O) groups excluding carboxylic acids is 1. The number of fused-ring (bicyclic) bond motifs is 1. The third kappa shape index (κ3) is 3.21. The third-order valence-corrected chi connectivity index (χ3v) is 4.92. The molecule has 0 aliphatic heterocycles. The first kappa shape index (κ1) is 15.7. The van der Waals surface area contributed by atoms with Crippen molar-refractivity contribution in [1.29, 1.82) is 0 Å². The average Bonchev–Trinajstić information content (AvgIpc) is 3.35. The molecule has 5 nitrogen and oxygen atoms in total. The van der Waals surface area contributed by atoms with E-state index in [1.165, 1.54) is 0 Å². The van der Waals surface area contributed by atoms with Gasteiger partial charge in [-0.15, -0.1) is 11.3 Å². The van der Waals surface area contributed by atoms with E-state index < -0.39 is 0 Å². The molecule has 126 valence electrons. The predicted molar refractivity (Wildman–Crippen MR) is 97.8 cm³/mol. The Morgan fingerprint density at radius 1 is 1.20 bits per heavy atom. The highest BCUT2D eigenvalue weighted by molar-refractivity contribution is 7.09. The molecule has 1 amide bonds. The maximum Gasteiger partial charge on any atom is 0.287 e. The zero-order chi connectivity index (χ0) is 17.2. The number of furan rings is 1. The number of nitrogens with zero attached hydrogens (tertiary/aromatic N) is 2. The van der Waals surface area contributed by atoms with Crippen LogP contribution in [0, 0.1) is 6.92 Å². The van der Waals surface area contributed by atoms with Crippen LogP contribution in [0.25, 0.3) is 11.0 Å². The van der Waals surface area contributed by atoms with Gasteiger partial charge in [-0.1, -0.05) is 18.2 Å². The van der Waals surface area contributed by atoms with Gasteiger partial charge in [-0.25, -0.2) is 4.98 Å². The Bertz CT molecular complexity index is 1010. The Balaban J connectivity index is 1.49. The molecular weight excluding hydrogens is 334 g/mol. The van der Waals surface area contributed by atoms with Gasteiger partial charge in [0.05, 0.1) is 24.1 Å². The summed E-state index contributed by atoms with van der Waals surface area (Å²) in [7, 11) is 0. The lowest BCUT2D eigenvalue weighted by atomic mass is 10.3. The van der Waals surface area contributed by atoms with Crippen molar-refractivity contribution < 1.29 is 9.21 Å². The lowest BCUT2D eigenvalue weighted by molar-refractivity contribution is 0.0921. The summed E-state index contributed by atoms with van der Waals surface area (Å²) in [5, 5.41) is 4.86. The minimum absolute atomic E-state index is 0.202. The molecule has 0 spiro atoms. The molecule has 1 N–H and O–H groups in total. The van der Waals surface area contributed by atoms with E-state index in [-0.39, 0.29) is 5.91 Å². The third-order valence-electron chi connectivity index (χ3n) is 4.05. The summed E-state index contributed by atoms with van der Waals surface area (Å²) >= 11 is 1.62. The molecule has 0 aliphatic carbocycles. The summed E-state index contributed by atoms with van der Waals surface area (Å²) in [6.45, 7) is 3.03. The number of thiophene rings is 1. The van der Waals surface area contributed by atoms with Crippen LogP contribution in [-0.2, 0) is 13.1 Å². The quantitative estimate of drug-likeness (QED) is 0.592. The van der Waals surface area contributed by atoms with Crippen LogP contribution in [0.1, 0.15) is 27.0 Å². The number of aryl methyl sites for hydroxylation is 1. The topological polar surface area (TPSA) is 60.1 Å². The first-order valence-electron chi connectivity index (χ1n) is 8.02. The largest absolute Gasteiger partial charge is 0.454 e. The molecule has 0 saturated heterocycles. The highest BCUT2D eigenvalue weighted by Crippen LogP contribution is 2.18. The maximum absolute atomic E-state index is 12.2. The van der Waals surface area contributed by atoms with Crippen LogP contribution < -0.4 is 5.32 Å². The van der Waals surface area contributed by atoms with E-state index in [1.807, 2.05) is 54.8 Å². The van der Waals surface area contributed by atoms with E-state index in [0.29, 0.717) is 18.8 Å². The van der Waals surface area contributed by atoms with Gasteiger partial charge in [-0.2, -0.15) is 0 Å². The molecule has 0 aliphatic rings. The number of carbonyl (C=O) groups is 1. The van der Waals surface area contributed by atoms with E-state index in [9.17, 15) is 4.79 Å². The monoisotopic (exact) mass is 351 g/mol. The number of rotatable bonds is 5. The first-order chi connectivity index (χ1) is 12.2. The van der Waals surface area contributed by atoms with Gasteiger partial charge in [0.15, 0.2) is 5.76 Å². The highest BCUT2D eigenvalue weighted by atomic mass is 32.1. The second-order valence-corrected chi connectivity index (χ2v) is 6.79.